The van der Waals surface area contributed by atoms with Gasteiger partial charge in [0.15, 0.2) is 0 Å². The normalized spacial score (nSPS) is 10.0. The molecule has 1 N–H and O–H groups in total. The molecule has 0 fully saturated rings. The molecule has 0 amide bonds. The largest absolute Gasteiger partial charge is 0.492 e. The molecule has 13 heavy (non-hydrogen) atoms. The average molecular weight is 181 g/mol. The van der Waals surface area contributed by atoms with Gasteiger partial charge in [-0.05, 0) is 18.6 Å². The van der Waals surface area contributed by atoms with E-state index in [0.717, 1.165) is 12.8 Å². The number of aromatic nitrogens is 1. The third-order valence-corrected chi connectivity index (χ3v) is 1.75. The summed E-state index contributed by atoms with van der Waals surface area (Å²) in [5, 5.41) is 8.93. The van der Waals surface area contributed by atoms with Crippen LogP contribution in [0.5, 0.6) is 5.75 Å². The molecule has 0 saturated heterocycles. The zero-order valence-corrected chi connectivity index (χ0v) is 7.86. The molecule has 3 nitrogen and oxygen atoms in total. The Morgan fingerprint density at radius 3 is 3.08 bits per heavy atom. The van der Waals surface area contributed by atoms with Crippen molar-refractivity contribution in [3.63, 3.8) is 0 Å². The molecule has 0 bridgehead atoms. The topological polar surface area (TPSA) is 42.4 Å². The van der Waals surface area contributed by atoms with E-state index in [1.807, 2.05) is 6.07 Å². The molecule has 0 unspecified atom stereocenters. The molecule has 0 aliphatic carbocycles. The maximum absolute atomic E-state index is 8.93. The number of ether oxygens (including phenoxy) is 1. The van der Waals surface area contributed by atoms with Crippen molar-refractivity contribution in [3.05, 3.63) is 24.0 Å². The lowest BCUT2D eigenvalue weighted by molar-refractivity contribution is 0.255. The second-order valence-corrected chi connectivity index (χ2v) is 2.81. The summed E-state index contributed by atoms with van der Waals surface area (Å²) in [6.45, 7) is 2.73. The summed E-state index contributed by atoms with van der Waals surface area (Å²) in [5.41, 5.74) is 0.610. The highest BCUT2D eigenvalue weighted by Gasteiger charge is 2.01. The van der Waals surface area contributed by atoms with E-state index in [4.69, 9.17) is 9.84 Å². The number of unbranched alkanes of at least 4 members (excludes halogenated alkanes) is 1. The molecule has 0 radical (unpaired) electrons. The van der Waals surface area contributed by atoms with Crippen molar-refractivity contribution in [2.75, 3.05) is 6.61 Å². The lowest BCUT2D eigenvalue weighted by Crippen LogP contribution is -2.01. The first-order valence-corrected chi connectivity index (χ1v) is 4.56. The van der Waals surface area contributed by atoms with Gasteiger partial charge in [0.25, 0.3) is 0 Å². The number of rotatable bonds is 5. The highest BCUT2D eigenvalue weighted by atomic mass is 16.5. The number of aliphatic hydroxyl groups is 1. The number of hydrogen-bond donors (Lipinski definition) is 1. The second kappa shape index (κ2) is 5.54. The first-order chi connectivity index (χ1) is 6.38. The Hall–Kier alpha value is -1.09. The predicted octanol–water partition coefficient (Wildman–Crippen LogP) is 1.75. The molecule has 1 aromatic heterocycles. The van der Waals surface area contributed by atoms with Crippen molar-refractivity contribution in [1.82, 2.24) is 4.98 Å². The molecule has 0 saturated carbocycles. The van der Waals surface area contributed by atoms with E-state index in [2.05, 4.69) is 11.9 Å². The Balaban J connectivity index is 2.54. The molecule has 0 aliphatic heterocycles. The van der Waals surface area contributed by atoms with Gasteiger partial charge >= 0.3 is 0 Å². The van der Waals surface area contributed by atoms with Crippen LogP contribution in [0, 0.1) is 0 Å². The Bertz CT molecular complexity index is 250. The van der Waals surface area contributed by atoms with Crippen LogP contribution in [0.25, 0.3) is 0 Å². The monoisotopic (exact) mass is 181 g/mol. The fourth-order valence-corrected chi connectivity index (χ4v) is 1.000. The summed E-state index contributed by atoms with van der Waals surface area (Å²) in [6, 6.07) is 3.63. The summed E-state index contributed by atoms with van der Waals surface area (Å²) in [7, 11) is 0. The summed E-state index contributed by atoms with van der Waals surface area (Å²) < 4.78 is 5.45. The number of pyridine rings is 1. The highest BCUT2D eigenvalue weighted by Crippen LogP contribution is 2.15. The number of nitrogens with zero attached hydrogens (tertiary/aromatic N) is 1. The maximum atomic E-state index is 8.93. The van der Waals surface area contributed by atoms with Crippen molar-refractivity contribution >= 4 is 0 Å². The zero-order valence-electron chi connectivity index (χ0n) is 7.86. The highest BCUT2D eigenvalue weighted by molar-refractivity contribution is 5.25. The average Bonchev–Trinajstić information content (AvgIpc) is 2.19. The third kappa shape index (κ3) is 3.03. The summed E-state index contributed by atoms with van der Waals surface area (Å²) in [6.07, 6.45) is 3.78. The Labute approximate surface area is 78.4 Å². The van der Waals surface area contributed by atoms with Gasteiger partial charge in [0.2, 0.25) is 0 Å². The summed E-state index contributed by atoms with van der Waals surface area (Å²) in [4.78, 5) is 4.00. The lowest BCUT2D eigenvalue weighted by atomic mass is 10.3. The van der Waals surface area contributed by atoms with Gasteiger partial charge in [-0.25, -0.2) is 0 Å². The molecular formula is C10H15NO2. The van der Waals surface area contributed by atoms with Crippen LogP contribution in [0.4, 0.5) is 0 Å². The van der Waals surface area contributed by atoms with Crippen LogP contribution in [-0.2, 0) is 6.61 Å². The van der Waals surface area contributed by atoms with Crippen LogP contribution in [0.1, 0.15) is 25.5 Å². The van der Waals surface area contributed by atoms with Crippen LogP contribution in [0.15, 0.2) is 18.3 Å². The quantitative estimate of drug-likeness (QED) is 0.704. The minimum atomic E-state index is -0.0672. The first kappa shape index (κ1) is 9.99. The van der Waals surface area contributed by atoms with Crippen LogP contribution in [0.3, 0.4) is 0 Å². The molecule has 0 atom stereocenters. The Morgan fingerprint density at radius 1 is 1.54 bits per heavy atom. The standard InChI is InChI=1S/C10H15NO2/c1-2-3-7-13-10-5-4-6-11-9(10)8-12/h4-6,12H,2-3,7-8H2,1H3. The van der Waals surface area contributed by atoms with Gasteiger partial charge in [-0.1, -0.05) is 13.3 Å². The second-order valence-electron chi connectivity index (χ2n) is 2.81. The fraction of sp³-hybridized carbons (Fsp3) is 0.500. The molecule has 1 aromatic rings. The van der Waals surface area contributed by atoms with E-state index >= 15 is 0 Å². The van der Waals surface area contributed by atoms with Gasteiger partial charge in [-0.15, -0.1) is 0 Å². The Kier molecular flexibility index (Phi) is 4.26. The molecule has 0 aromatic carbocycles. The van der Waals surface area contributed by atoms with E-state index in [0.29, 0.717) is 18.1 Å². The molecule has 0 spiro atoms. The van der Waals surface area contributed by atoms with Gasteiger partial charge in [0, 0.05) is 6.20 Å². The van der Waals surface area contributed by atoms with Crippen LogP contribution >= 0.6 is 0 Å². The van der Waals surface area contributed by atoms with Gasteiger partial charge in [0.05, 0.1) is 13.2 Å². The van der Waals surface area contributed by atoms with Gasteiger partial charge in [-0.3, -0.25) is 4.98 Å². The smallest absolute Gasteiger partial charge is 0.143 e. The molecule has 3 heteroatoms. The van der Waals surface area contributed by atoms with Crippen LogP contribution in [0.2, 0.25) is 0 Å². The SMILES string of the molecule is CCCCOc1cccnc1CO. The lowest BCUT2D eigenvalue weighted by Gasteiger charge is -2.07. The van der Waals surface area contributed by atoms with Crippen molar-refractivity contribution in [2.45, 2.75) is 26.4 Å². The summed E-state index contributed by atoms with van der Waals surface area (Å²) >= 11 is 0. The molecule has 72 valence electrons. The molecule has 1 rings (SSSR count). The van der Waals surface area contributed by atoms with Crippen LogP contribution in [-0.4, -0.2) is 16.7 Å². The molecular weight excluding hydrogens is 166 g/mol. The first-order valence-electron chi connectivity index (χ1n) is 4.56. The van der Waals surface area contributed by atoms with Crippen molar-refractivity contribution in [2.24, 2.45) is 0 Å². The van der Waals surface area contributed by atoms with Gasteiger partial charge < -0.3 is 9.84 Å². The zero-order chi connectivity index (χ0) is 9.52. The minimum Gasteiger partial charge on any atom is -0.492 e. The fourth-order valence-electron chi connectivity index (χ4n) is 1.000. The van der Waals surface area contributed by atoms with Crippen molar-refractivity contribution in [3.8, 4) is 5.75 Å². The van der Waals surface area contributed by atoms with E-state index in [-0.39, 0.29) is 6.61 Å². The van der Waals surface area contributed by atoms with Gasteiger partial charge in [0.1, 0.15) is 11.4 Å². The molecule has 1 heterocycles. The predicted molar refractivity (Wildman–Crippen MR) is 50.6 cm³/mol. The Morgan fingerprint density at radius 2 is 2.38 bits per heavy atom. The maximum Gasteiger partial charge on any atom is 0.143 e. The third-order valence-electron chi connectivity index (χ3n) is 1.75. The van der Waals surface area contributed by atoms with E-state index in [1.165, 1.54) is 0 Å². The van der Waals surface area contributed by atoms with Gasteiger partial charge in [-0.2, -0.15) is 0 Å². The van der Waals surface area contributed by atoms with E-state index < -0.39 is 0 Å². The minimum absolute atomic E-state index is 0.0672. The number of aliphatic hydroxyl groups excluding tert-OH is 1. The van der Waals surface area contributed by atoms with Crippen LogP contribution < -0.4 is 4.74 Å². The van der Waals surface area contributed by atoms with Crippen molar-refractivity contribution < 1.29 is 9.84 Å². The van der Waals surface area contributed by atoms with E-state index in [1.54, 1.807) is 12.3 Å². The van der Waals surface area contributed by atoms with E-state index in [9.17, 15) is 0 Å². The van der Waals surface area contributed by atoms with Crippen molar-refractivity contribution in [1.29, 1.82) is 0 Å². The number of hydrogen-bond acceptors (Lipinski definition) is 3. The summed E-state index contributed by atoms with van der Waals surface area (Å²) in [5.74, 6) is 0.693. The molecule has 0 aliphatic rings.